The Bertz CT molecular complexity index is 456. The predicted molar refractivity (Wildman–Crippen MR) is 57.2 cm³/mol. The van der Waals surface area contributed by atoms with E-state index in [1.807, 2.05) is 36.0 Å². The lowest BCUT2D eigenvalue weighted by Gasteiger charge is -2.08. The monoisotopic (exact) mass is 201 g/mol. The van der Waals surface area contributed by atoms with E-state index in [2.05, 4.69) is 4.98 Å². The van der Waals surface area contributed by atoms with Gasteiger partial charge < -0.3 is 14.2 Å². The van der Waals surface area contributed by atoms with E-state index >= 15 is 0 Å². The summed E-state index contributed by atoms with van der Waals surface area (Å²) in [6, 6.07) is 7.40. The van der Waals surface area contributed by atoms with E-state index in [1.165, 1.54) is 0 Å². The summed E-state index contributed by atoms with van der Waals surface area (Å²) in [5.74, 6) is 1.38. The highest BCUT2D eigenvalue weighted by atomic mass is 16.5. The van der Waals surface area contributed by atoms with E-state index < -0.39 is 0 Å². The Morgan fingerprint density at radius 2 is 2.20 bits per heavy atom. The van der Waals surface area contributed by atoms with Crippen LogP contribution in [0.3, 0.4) is 0 Å². The van der Waals surface area contributed by atoms with Crippen molar-refractivity contribution in [2.45, 2.75) is 0 Å². The number of benzene rings is 1. The third-order valence-corrected chi connectivity index (χ3v) is 2.13. The van der Waals surface area contributed by atoms with E-state index in [0.717, 1.165) is 11.4 Å². The first kappa shape index (κ1) is 9.80. The standard InChI is InChI=1S/C10H10BN2O2/c1-13-7-6-12-10(13)8-4-2-3-5-9(8)15-11-14/h2-7,14H,1H3. The van der Waals surface area contributed by atoms with Crippen molar-refractivity contribution in [1.82, 2.24) is 9.55 Å². The van der Waals surface area contributed by atoms with E-state index in [-0.39, 0.29) is 0 Å². The minimum Gasteiger partial charge on any atom is -0.537 e. The van der Waals surface area contributed by atoms with Crippen LogP contribution < -0.4 is 4.65 Å². The molecule has 0 bridgehead atoms. The molecule has 0 saturated carbocycles. The number of hydrogen-bond donors (Lipinski definition) is 1. The number of aryl methyl sites for hydroxylation is 1. The van der Waals surface area contributed by atoms with Crippen LogP contribution in [-0.2, 0) is 7.05 Å². The lowest BCUT2D eigenvalue weighted by molar-refractivity contribution is 0.454. The number of imidazole rings is 1. The fraction of sp³-hybridized carbons (Fsp3) is 0.100. The van der Waals surface area contributed by atoms with Gasteiger partial charge >= 0.3 is 7.69 Å². The van der Waals surface area contributed by atoms with Gasteiger partial charge in [0.1, 0.15) is 11.6 Å². The molecule has 1 aromatic carbocycles. The Morgan fingerprint density at radius 3 is 2.87 bits per heavy atom. The maximum absolute atomic E-state index is 8.64. The molecule has 0 amide bonds. The van der Waals surface area contributed by atoms with Crippen LogP contribution in [0.4, 0.5) is 0 Å². The van der Waals surface area contributed by atoms with Crippen molar-refractivity contribution in [3.8, 4) is 17.1 Å². The van der Waals surface area contributed by atoms with Gasteiger partial charge in [-0.25, -0.2) is 4.98 Å². The topological polar surface area (TPSA) is 47.3 Å². The molecule has 0 aliphatic carbocycles. The van der Waals surface area contributed by atoms with Crippen molar-refractivity contribution < 1.29 is 9.68 Å². The number of para-hydroxylation sites is 1. The average Bonchev–Trinajstić information content (AvgIpc) is 2.66. The molecule has 0 unspecified atom stereocenters. The minimum atomic E-state index is 0.578. The fourth-order valence-electron chi connectivity index (χ4n) is 1.44. The molecule has 1 heterocycles. The SMILES string of the molecule is Cn1ccnc1-c1ccccc1O[B]O. The van der Waals surface area contributed by atoms with Gasteiger partial charge in [0.05, 0.1) is 5.56 Å². The quantitative estimate of drug-likeness (QED) is 0.753. The first-order chi connectivity index (χ1) is 7.33. The first-order valence-electron chi connectivity index (χ1n) is 4.52. The zero-order chi connectivity index (χ0) is 10.7. The molecule has 0 aliphatic rings. The van der Waals surface area contributed by atoms with Crippen molar-refractivity contribution in [3.05, 3.63) is 36.7 Å². The molecule has 2 rings (SSSR count). The molecule has 1 N–H and O–H groups in total. The summed E-state index contributed by atoms with van der Waals surface area (Å²) in [5, 5.41) is 8.64. The molecule has 0 atom stereocenters. The Labute approximate surface area is 88.5 Å². The summed E-state index contributed by atoms with van der Waals surface area (Å²) in [6.45, 7) is 0. The zero-order valence-electron chi connectivity index (χ0n) is 8.29. The molecule has 1 radical (unpaired) electrons. The maximum Gasteiger partial charge on any atom is 0.569 e. The Balaban J connectivity index is 2.48. The maximum atomic E-state index is 8.64. The third-order valence-electron chi connectivity index (χ3n) is 2.13. The van der Waals surface area contributed by atoms with E-state index in [1.54, 1.807) is 12.3 Å². The summed E-state index contributed by atoms with van der Waals surface area (Å²) >= 11 is 0. The van der Waals surface area contributed by atoms with Crippen LogP contribution in [0.5, 0.6) is 5.75 Å². The summed E-state index contributed by atoms with van der Waals surface area (Å²) < 4.78 is 6.88. The van der Waals surface area contributed by atoms with Gasteiger partial charge in [0.2, 0.25) is 0 Å². The Hall–Kier alpha value is -1.75. The first-order valence-corrected chi connectivity index (χ1v) is 4.52. The number of nitrogens with zero attached hydrogens (tertiary/aromatic N) is 2. The summed E-state index contributed by atoms with van der Waals surface area (Å²) in [6.07, 6.45) is 3.57. The van der Waals surface area contributed by atoms with Gasteiger partial charge in [-0.1, -0.05) is 12.1 Å². The lowest BCUT2D eigenvalue weighted by Crippen LogP contribution is -2.02. The van der Waals surface area contributed by atoms with Gasteiger partial charge in [0.15, 0.2) is 0 Å². The molecule has 15 heavy (non-hydrogen) atoms. The lowest BCUT2D eigenvalue weighted by atomic mass is 10.2. The molecular weight excluding hydrogens is 191 g/mol. The zero-order valence-corrected chi connectivity index (χ0v) is 8.29. The molecule has 0 spiro atoms. The smallest absolute Gasteiger partial charge is 0.537 e. The fourth-order valence-corrected chi connectivity index (χ4v) is 1.44. The van der Waals surface area contributed by atoms with Crippen LogP contribution in [0.1, 0.15) is 0 Å². The van der Waals surface area contributed by atoms with Crippen molar-refractivity contribution in [2.24, 2.45) is 7.05 Å². The normalized spacial score (nSPS) is 10.0. The molecule has 0 fully saturated rings. The summed E-state index contributed by atoms with van der Waals surface area (Å²) in [4.78, 5) is 4.22. The van der Waals surface area contributed by atoms with Crippen LogP contribution in [0.15, 0.2) is 36.7 Å². The van der Waals surface area contributed by atoms with E-state index in [4.69, 9.17) is 9.68 Å². The van der Waals surface area contributed by atoms with Gasteiger partial charge in [-0.2, -0.15) is 0 Å². The van der Waals surface area contributed by atoms with Crippen molar-refractivity contribution in [3.63, 3.8) is 0 Å². The van der Waals surface area contributed by atoms with E-state index in [0.29, 0.717) is 13.4 Å². The Kier molecular flexibility index (Phi) is 2.73. The van der Waals surface area contributed by atoms with Crippen LogP contribution in [0.25, 0.3) is 11.4 Å². The second-order valence-electron chi connectivity index (χ2n) is 3.08. The summed E-state index contributed by atoms with van der Waals surface area (Å²) in [7, 11) is 2.57. The predicted octanol–water partition coefficient (Wildman–Crippen LogP) is 0.992. The van der Waals surface area contributed by atoms with Gasteiger partial charge in [0.25, 0.3) is 0 Å². The molecule has 5 heteroatoms. The third kappa shape index (κ3) is 1.87. The highest BCUT2D eigenvalue weighted by Gasteiger charge is 2.09. The molecular formula is C10H10BN2O2. The molecule has 4 nitrogen and oxygen atoms in total. The Morgan fingerprint density at radius 1 is 1.40 bits per heavy atom. The van der Waals surface area contributed by atoms with Gasteiger partial charge in [0, 0.05) is 19.4 Å². The van der Waals surface area contributed by atoms with Crippen molar-refractivity contribution in [1.29, 1.82) is 0 Å². The second kappa shape index (κ2) is 4.19. The summed E-state index contributed by atoms with van der Waals surface area (Å²) in [5.41, 5.74) is 0.843. The largest absolute Gasteiger partial charge is 0.569 e. The number of aromatic nitrogens is 2. The van der Waals surface area contributed by atoms with Gasteiger partial charge in [-0.15, -0.1) is 0 Å². The minimum absolute atomic E-state index is 0.578. The molecule has 0 aliphatic heterocycles. The van der Waals surface area contributed by atoms with Crippen LogP contribution in [0.2, 0.25) is 0 Å². The second-order valence-corrected chi connectivity index (χ2v) is 3.08. The highest BCUT2D eigenvalue weighted by molar-refractivity contribution is 6.17. The van der Waals surface area contributed by atoms with Gasteiger partial charge in [-0.3, -0.25) is 0 Å². The van der Waals surface area contributed by atoms with Crippen molar-refractivity contribution in [2.75, 3.05) is 0 Å². The average molecular weight is 201 g/mol. The number of hydrogen-bond acceptors (Lipinski definition) is 3. The van der Waals surface area contributed by atoms with Crippen LogP contribution >= 0.6 is 0 Å². The molecule has 0 saturated heterocycles. The molecule has 2 aromatic rings. The molecule has 1 aromatic heterocycles. The number of rotatable bonds is 3. The van der Waals surface area contributed by atoms with Crippen LogP contribution in [0, 0.1) is 0 Å². The van der Waals surface area contributed by atoms with Crippen LogP contribution in [-0.4, -0.2) is 22.3 Å². The molecule has 75 valence electrons. The van der Waals surface area contributed by atoms with E-state index in [9.17, 15) is 0 Å². The highest BCUT2D eigenvalue weighted by Crippen LogP contribution is 2.27. The van der Waals surface area contributed by atoms with Crippen molar-refractivity contribution >= 4 is 7.69 Å². The van der Waals surface area contributed by atoms with Gasteiger partial charge in [-0.05, 0) is 12.1 Å².